The first-order chi connectivity index (χ1) is 13.6. The number of nitrogens with zero attached hydrogens (tertiary/aromatic N) is 5. The zero-order valence-electron chi connectivity index (χ0n) is 15.5. The molecule has 0 unspecified atom stereocenters. The van der Waals surface area contributed by atoms with Gasteiger partial charge in [-0.05, 0) is 55.3 Å². The largest absolute Gasteiger partial charge is 0.325 e. The molecule has 0 bridgehead atoms. The number of rotatable bonds is 5. The molecular weight excluding hydrogens is 372 g/mol. The van der Waals surface area contributed by atoms with E-state index in [0.29, 0.717) is 10.8 Å². The highest BCUT2D eigenvalue weighted by molar-refractivity contribution is 7.99. The van der Waals surface area contributed by atoms with Gasteiger partial charge in [0.05, 0.1) is 11.4 Å². The van der Waals surface area contributed by atoms with Crippen molar-refractivity contribution in [3.05, 3.63) is 66.0 Å². The average molecular weight is 390 g/mol. The van der Waals surface area contributed by atoms with Gasteiger partial charge in [0.15, 0.2) is 5.65 Å². The highest BCUT2D eigenvalue weighted by Crippen LogP contribution is 2.21. The van der Waals surface area contributed by atoms with Crippen molar-refractivity contribution in [3.63, 3.8) is 0 Å². The van der Waals surface area contributed by atoms with Crippen LogP contribution in [0.4, 0.5) is 5.69 Å². The number of fused-ring (bicyclic) bond motifs is 1. The first-order valence-electron chi connectivity index (χ1n) is 8.73. The van der Waals surface area contributed by atoms with Gasteiger partial charge in [-0.15, -0.1) is 10.2 Å². The number of pyridine rings is 1. The number of carbonyl (C=O) groups excluding carboxylic acids is 1. The van der Waals surface area contributed by atoms with E-state index in [1.807, 2.05) is 56.3 Å². The first-order valence-corrected chi connectivity index (χ1v) is 9.71. The van der Waals surface area contributed by atoms with Gasteiger partial charge in [-0.25, -0.2) is 0 Å². The van der Waals surface area contributed by atoms with Crippen molar-refractivity contribution < 1.29 is 4.79 Å². The molecule has 4 aromatic rings. The van der Waals surface area contributed by atoms with E-state index in [-0.39, 0.29) is 11.7 Å². The Hall–Kier alpha value is -3.26. The maximum Gasteiger partial charge on any atom is 0.234 e. The summed E-state index contributed by atoms with van der Waals surface area (Å²) in [6, 6.07) is 13.5. The molecule has 0 spiro atoms. The number of hydrogen-bond donors (Lipinski definition) is 1. The Labute approximate surface area is 166 Å². The average Bonchev–Trinajstić information content (AvgIpc) is 3.12. The second-order valence-corrected chi connectivity index (χ2v) is 7.31. The molecule has 0 fully saturated rings. The van der Waals surface area contributed by atoms with E-state index in [1.165, 1.54) is 11.8 Å². The number of nitrogens with one attached hydrogen (secondary N) is 1. The molecule has 4 rings (SSSR count). The van der Waals surface area contributed by atoms with Crippen LogP contribution < -0.4 is 5.32 Å². The molecule has 1 aromatic carbocycles. The molecule has 140 valence electrons. The molecule has 1 N–H and O–H groups in total. The number of anilines is 1. The summed E-state index contributed by atoms with van der Waals surface area (Å²) in [7, 11) is 0. The quantitative estimate of drug-likeness (QED) is 0.525. The fraction of sp³-hybridized carbons (Fsp3) is 0.150. The normalized spacial score (nSPS) is 10.9. The van der Waals surface area contributed by atoms with Crippen molar-refractivity contribution >= 4 is 29.0 Å². The molecule has 0 aliphatic rings. The Morgan fingerprint density at radius 3 is 2.86 bits per heavy atom. The lowest BCUT2D eigenvalue weighted by Crippen LogP contribution is -2.15. The molecular formula is C20H18N6OS. The van der Waals surface area contributed by atoms with E-state index in [1.54, 1.807) is 16.9 Å². The third kappa shape index (κ3) is 3.86. The molecule has 3 aromatic heterocycles. The smallest absolute Gasteiger partial charge is 0.234 e. The highest BCUT2D eigenvalue weighted by Gasteiger charge is 2.12. The minimum atomic E-state index is -0.0983. The Kier molecular flexibility index (Phi) is 5.03. The lowest BCUT2D eigenvalue weighted by Gasteiger charge is -2.09. The van der Waals surface area contributed by atoms with Crippen molar-refractivity contribution in [3.8, 4) is 11.3 Å². The third-order valence-corrected chi connectivity index (χ3v) is 5.11. The fourth-order valence-electron chi connectivity index (χ4n) is 2.71. The number of aryl methyl sites for hydroxylation is 2. The van der Waals surface area contributed by atoms with Crippen LogP contribution in [0.25, 0.3) is 16.9 Å². The summed E-state index contributed by atoms with van der Waals surface area (Å²) in [5, 5.41) is 16.4. The molecule has 0 saturated heterocycles. The van der Waals surface area contributed by atoms with Crippen LogP contribution >= 0.6 is 11.8 Å². The summed E-state index contributed by atoms with van der Waals surface area (Å²) in [4.78, 5) is 16.5. The van der Waals surface area contributed by atoms with E-state index in [2.05, 4.69) is 25.6 Å². The summed E-state index contributed by atoms with van der Waals surface area (Å²) in [6.07, 6.45) is 3.47. The SMILES string of the molecule is Cc1ccc(C)c(NC(=O)CSc2nnc3ccc(-c4cccnc4)nn23)c1. The predicted molar refractivity (Wildman–Crippen MR) is 109 cm³/mol. The molecule has 0 atom stereocenters. The standard InChI is InChI=1S/C20H18N6OS/c1-13-5-6-14(2)17(10-13)22-19(27)12-28-20-24-23-18-8-7-16(25-26(18)20)15-4-3-9-21-11-15/h3-11H,12H2,1-2H3,(H,22,27). The Balaban J connectivity index is 1.50. The van der Waals surface area contributed by atoms with Gasteiger partial charge >= 0.3 is 0 Å². The van der Waals surface area contributed by atoms with Gasteiger partial charge < -0.3 is 5.32 Å². The van der Waals surface area contributed by atoms with Crippen LogP contribution in [0.5, 0.6) is 0 Å². The second-order valence-electron chi connectivity index (χ2n) is 6.37. The van der Waals surface area contributed by atoms with E-state index < -0.39 is 0 Å². The lowest BCUT2D eigenvalue weighted by molar-refractivity contribution is -0.113. The van der Waals surface area contributed by atoms with E-state index in [9.17, 15) is 4.79 Å². The molecule has 0 aliphatic carbocycles. The summed E-state index contributed by atoms with van der Waals surface area (Å²) < 4.78 is 1.65. The number of amides is 1. The Morgan fingerprint density at radius 2 is 2.04 bits per heavy atom. The number of aromatic nitrogens is 5. The Bertz CT molecular complexity index is 1140. The van der Waals surface area contributed by atoms with Gasteiger partial charge in [-0.2, -0.15) is 9.61 Å². The fourth-order valence-corrected chi connectivity index (χ4v) is 3.40. The number of carbonyl (C=O) groups is 1. The maximum atomic E-state index is 12.4. The highest BCUT2D eigenvalue weighted by atomic mass is 32.2. The molecule has 7 nitrogen and oxygen atoms in total. The van der Waals surface area contributed by atoms with E-state index >= 15 is 0 Å². The van der Waals surface area contributed by atoms with E-state index in [0.717, 1.165) is 28.1 Å². The van der Waals surface area contributed by atoms with Crippen molar-refractivity contribution in [2.45, 2.75) is 19.0 Å². The van der Waals surface area contributed by atoms with Crippen LogP contribution in [0, 0.1) is 13.8 Å². The van der Waals surface area contributed by atoms with Crippen molar-refractivity contribution in [1.29, 1.82) is 0 Å². The van der Waals surface area contributed by atoms with Crippen molar-refractivity contribution in [2.24, 2.45) is 0 Å². The summed E-state index contributed by atoms with van der Waals surface area (Å²) >= 11 is 1.30. The zero-order chi connectivity index (χ0) is 19.5. The molecule has 0 saturated carbocycles. The van der Waals surface area contributed by atoms with Crippen LogP contribution in [0.15, 0.2) is 60.0 Å². The zero-order valence-corrected chi connectivity index (χ0v) is 16.3. The molecule has 3 heterocycles. The first kappa shape index (κ1) is 18.1. The number of benzene rings is 1. The van der Waals surface area contributed by atoms with Crippen LogP contribution in [-0.4, -0.2) is 36.5 Å². The van der Waals surface area contributed by atoms with Gasteiger partial charge in [0, 0.05) is 23.6 Å². The van der Waals surface area contributed by atoms with Crippen LogP contribution in [0.3, 0.4) is 0 Å². The molecule has 0 radical (unpaired) electrons. The van der Waals surface area contributed by atoms with Gasteiger partial charge in [0.1, 0.15) is 0 Å². The molecule has 8 heteroatoms. The monoisotopic (exact) mass is 390 g/mol. The van der Waals surface area contributed by atoms with Crippen molar-refractivity contribution in [1.82, 2.24) is 24.8 Å². The third-order valence-electron chi connectivity index (χ3n) is 4.19. The molecule has 1 amide bonds. The topological polar surface area (TPSA) is 85.1 Å². The molecule has 0 aliphatic heterocycles. The number of hydrogen-bond acceptors (Lipinski definition) is 6. The van der Waals surface area contributed by atoms with Gasteiger partial charge in [-0.3, -0.25) is 9.78 Å². The minimum Gasteiger partial charge on any atom is -0.325 e. The van der Waals surface area contributed by atoms with Gasteiger partial charge in [0.2, 0.25) is 11.1 Å². The van der Waals surface area contributed by atoms with Crippen LogP contribution in [0.1, 0.15) is 11.1 Å². The molecule has 28 heavy (non-hydrogen) atoms. The Morgan fingerprint density at radius 1 is 1.14 bits per heavy atom. The lowest BCUT2D eigenvalue weighted by atomic mass is 10.1. The maximum absolute atomic E-state index is 12.4. The van der Waals surface area contributed by atoms with Gasteiger partial charge in [0.25, 0.3) is 0 Å². The summed E-state index contributed by atoms with van der Waals surface area (Å²) in [6.45, 7) is 3.97. The predicted octanol–water partition coefficient (Wildman–Crippen LogP) is 3.53. The summed E-state index contributed by atoms with van der Waals surface area (Å²) in [5.41, 5.74) is 5.26. The number of thioether (sulfide) groups is 1. The van der Waals surface area contributed by atoms with Gasteiger partial charge in [-0.1, -0.05) is 23.9 Å². The second kappa shape index (κ2) is 7.77. The van der Waals surface area contributed by atoms with Crippen LogP contribution in [-0.2, 0) is 4.79 Å². The van der Waals surface area contributed by atoms with Crippen molar-refractivity contribution in [2.75, 3.05) is 11.1 Å². The summed E-state index contributed by atoms with van der Waals surface area (Å²) in [5.74, 6) is 0.117. The minimum absolute atomic E-state index is 0.0983. The van der Waals surface area contributed by atoms with Crippen LogP contribution in [0.2, 0.25) is 0 Å². The van der Waals surface area contributed by atoms with E-state index in [4.69, 9.17) is 0 Å².